The number of nitrogens with zero attached hydrogens (tertiary/aromatic N) is 4. The van der Waals surface area contributed by atoms with Gasteiger partial charge in [0.15, 0.2) is 5.82 Å². The van der Waals surface area contributed by atoms with Crippen LogP contribution in [0.15, 0.2) is 30.3 Å². The Morgan fingerprint density at radius 3 is 2.83 bits per heavy atom. The molecule has 0 aliphatic carbocycles. The van der Waals surface area contributed by atoms with Crippen LogP contribution in [0.3, 0.4) is 0 Å². The van der Waals surface area contributed by atoms with E-state index in [4.69, 9.17) is 0 Å². The zero-order valence-electron chi connectivity index (χ0n) is 12.8. The van der Waals surface area contributed by atoms with Crippen molar-refractivity contribution >= 4 is 33.3 Å². The molecule has 0 radical (unpaired) electrons. The molecule has 1 aromatic carbocycles. The molecular weight excluding hydrogens is 328 g/mol. The first kappa shape index (κ1) is 14.8. The van der Waals surface area contributed by atoms with Crippen LogP contribution in [0.5, 0.6) is 0 Å². The summed E-state index contributed by atoms with van der Waals surface area (Å²) in [5.74, 6) is -0.0385. The van der Waals surface area contributed by atoms with Crippen LogP contribution in [-0.4, -0.2) is 42.7 Å². The summed E-state index contributed by atoms with van der Waals surface area (Å²) in [5.41, 5.74) is 0. The lowest BCUT2D eigenvalue weighted by Gasteiger charge is -2.33. The van der Waals surface area contributed by atoms with E-state index in [9.17, 15) is 14.7 Å². The molecule has 0 saturated heterocycles. The summed E-state index contributed by atoms with van der Waals surface area (Å²) in [7, 11) is 0. The molecule has 3 aromatic rings. The molecule has 1 amide bonds. The molecular formula is C16H14N4O3S. The van der Waals surface area contributed by atoms with Crippen molar-refractivity contribution in [2.75, 3.05) is 0 Å². The number of aromatic nitrogens is 3. The van der Waals surface area contributed by atoms with E-state index in [1.165, 1.54) is 16.2 Å². The Hall–Kier alpha value is -2.74. The standard InChI is InChI=1S/C16H14N4O3S/c1-9-17-18-14-8-20(11(16(22)23)7-19(9)14)15(21)13-6-10-4-2-3-5-12(10)24-13/h2-6,11H,7-8H2,1H3,(H,22,23). The fourth-order valence-electron chi connectivity index (χ4n) is 2.97. The molecule has 3 heterocycles. The van der Waals surface area contributed by atoms with E-state index in [0.717, 1.165) is 10.1 Å². The number of aryl methyl sites for hydroxylation is 1. The molecule has 1 unspecified atom stereocenters. The molecule has 2 aromatic heterocycles. The maximum atomic E-state index is 12.9. The summed E-state index contributed by atoms with van der Waals surface area (Å²) in [5, 5.41) is 18.6. The SMILES string of the molecule is Cc1nnc2n1CC(C(=O)O)N(C(=O)c1cc3ccccc3s1)C2. The molecule has 0 spiro atoms. The number of carboxylic acids is 1. The van der Waals surface area contributed by atoms with Crippen molar-refractivity contribution in [2.45, 2.75) is 26.1 Å². The predicted molar refractivity (Wildman–Crippen MR) is 87.9 cm³/mol. The lowest BCUT2D eigenvalue weighted by molar-refractivity contribution is -0.143. The lowest BCUT2D eigenvalue weighted by atomic mass is 10.1. The van der Waals surface area contributed by atoms with Gasteiger partial charge in [0.1, 0.15) is 11.9 Å². The quantitative estimate of drug-likeness (QED) is 0.768. The summed E-state index contributed by atoms with van der Waals surface area (Å²) in [6.45, 7) is 2.09. The average molecular weight is 342 g/mol. The monoisotopic (exact) mass is 342 g/mol. The van der Waals surface area contributed by atoms with Crippen molar-refractivity contribution in [2.24, 2.45) is 0 Å². The van der Waals surface area contributed by atoms with Gasteiger partial charge in [-0.05, 0) is 24.4 Å². The topological polar surface area (TPSA) is 88.3 Å². The third-order valence-electron chi connectivity index (χ3n) is 4.24. The Balaban J connectivity index is 1.72. The molecule has 1 atom stereocenters. The molecule has 1 N–H and O–H groups in total. The molecule has 4 rings (SSSR count). The van der Waals surface area contributed by atoms with Crippen LogP contribution in [0.25, 0.3) is 10.1 Å². The number of hydrogen-bond donors (Lipinski definition) is 1. The maximum Gasteiger partial charge on any atom is 0.328 e. The van der Waals surface area contributed by atoms with Crippen LogP contribution in [0.2, 0.25) is 0 Å². The van der Waals surface area contributed by atoms with Gasteiger partial charge in [0.25, 0.3) is 5.91 Å². The highest BCUT2D eigenvalue weighted by Gasteiger charge is 2.37. The normalized spacial score (nSPS) is 17.0. The number of aliphatic carboxylic acids is 1. The molecule has 0 bridgehead atoms. The lowest BCUT2D eigenvalue weighted by Crippen LogP contribution is -2.50. The first-order valence-corrected chi connectivity index (χ1v) is 8.27. The highest BCUT2D eigenvalue weighted by atomic mass is 32.1. The van der Waals surface area contributed by atoms with Gasteiger partial charge in [0.2, 0.25) is 0 Å². The van der Waals surface area contributed by atoms with E-state index in [1.54, 1.807) is 11.5 Å². The molecule has 0 saturated carbocycles. The molecule has 0 fully saturated rings. The van der Waals surface area contributed by atoms with Crippen molar-refractivity contribution in [3.05, 3.63) is 46.9 Å². The van der Waals surface area contributed by atoms with Crippen molar-refractivity contribution < 1.29 is 14.7 Å². The van der Waals surface area contributed by atoms with Crippen LogP contribution in [0, 0.1) is 6.92 Å². The predicted octanol–water partition coefficient (Wildman–Crippen LogP) is 1.91. The minimum absolute atomic E-state index is 0.144. The van der Waals surface area contributed by atoms with Crippen molar-refractivity contribution in [1.29, 1.82) is 0 Å². The fraction of sp³-hybridized carbons (Fsp3) is 0.250. The highest BCUT2D eigenvalue weighted by molar-refractivity contribution is 7.20. The second-order valence-electron chi connectivity index (χ2n) is 5.71. The van der Waals surface area contributed by atoms with Crippen molar-refractivity contribution in [3.63, 3.8) is 0 Å². The first-order valence-electron chi connectivity index (χ1n) is 7.45. The highest BCUT2D eigenvalue weighted by Crippen LogP contribution is 2.28. The molecule has 122 valence electrons. The molecule has 7 nitrogen and oxygen atoms in total. The number of carbonyl (C=O) groups is 2. The summed E-state index contributed by atoms with van der Waals surface area (Å²) < 4.78 is 2.76. The fourth-order valence-corrected chi connectivity index (χ4v) is 3.99. The van der Waals surface area contributed by atoms with E-state index in [-0.39, 0.29) is 19.0 Å². The van der Waals surface area contributed by atoms with Gasteiger partial charge in [-0.1, -0.05) is 18.2 Å². The van der Waals surface area contributed by atoms with E-state index in [1.807, 2.05) is 30.3 Å². The average Bonchev–Trinajstić information content (AvgIpc) is 3.16. The number of benzene rings is 1. The largest absolute Gasteiger partial charge is 0.480 e. The van der Waals surface area contributed by atoms with Gasteiger partial charge in [0, 0.05) is 4.70 Å². The Bertz CT molecular complexity index is 928. The summed E-state index contributed by atoms with van der Waals surface area (Å²) in [4.78, 5) is 26.5. The zero-order chi connectivity index (χ0) is 16.8. The summed E-state index contributed by atoms with van der Waals surface area (Å²) in [6.07, 6.45) is 0. The van der Waals surface area contributed by atoms with Gasteiger partial charge in [-0.15, -0.1) is 21.5 Å². The summed E-state index contributed by atoms with van der Waals surface area (Å²) >= 11 is 1.37. The number of amides is 1. The Kier molecular flexibility index (Phi) is 3.34. The number of rotatable bonds is 2. The first-order chi connectivity index (χ1) is 11.5. The Morgan fingerprint density at radius 1 is 1.29 bits per heavy atom. The molecule has 1 aliphatic rings. The third-order valence-corrected chi connectivity index (χ3v) is 5.34. The van der Waals surface area contributed by atoms with Gasteiger partial charge in [-0.2, -0.15) is 0 Å². The van der Waals surface area contributed by atoms with Gasteiger partial charge < -0.3 is 14.6 Å². The molecule has 8 heteroatoms. The second-order valence-corrected chi connectivity index (χ2v) is 6.79. The van der Waals surface area contributed by atoms with Crippen LogP contribution < -0.4 is 0 Å². The minimum atomic E-state index is -1.02. The van der Waals surface area contributed by atoms with Gasteiger partial charge >= 0.3 is 5.97 Å². The zero-order valence-corrected chi connectivity index (χ0v) is 13.7. The van der Waals surface area contributed by atoms with Gasteiger partial charge in [-0.3, -0.25) is 4.79 Å². The number of hydrogen-bond acceptors (Lipinski definition) is 5. The number of carboxylic acid groups (broad SMARTS) is 1. The third kappa shape index (κ3) is 2.26. The maximum absolute atomic E-state index is 12.9. The van der Waals surface area contributed by atoms with Crippen LogP contribution in [0.1, 0.15) is 21.3 Å². The molecule has 24 heavy (non-hydrogen) atoms. The summed E-state index contributed by atoms with van der Waals surface area (Å²) in [6, 6.07) is 8.60. The van der Waals surface area contributed by atoms with E-state index in [2.05, 4.69) is 10.2 Å². The Labute approximate surface area is 141 Å². The van der Waals surface area contributed by atoms with E-state index >= 15 is 0 Å². The number of thiophene rings is 1. The Morgan fingerprint density at radius 2 is 2.08 bits per heavy atom. The van der Waals surface area contributed by atoms with E-state index in [0.29, 0.717) is 16.5 Å². The van der Waals surface area contributed by atoms with Crippen molar-refractivity contribution in [1.82, 2.24) is 19.7 Å². The van der Waals surface area contributed by atoms with Crippen LogP contribution in [0.4, 0.5) is 0 Å². The van der Waals surface area contributed by atoms with Crippen LogP contribution in [-0.2, 0) is 17.9 Å². The second kappa shape index (κ2) is 5.41. The van der Waals surface area contributed by atoms with Gasteiger partial charge in [-0.25, -0.2) is 4.79 Å². The van der Waals surface area contributed by atoms with Gasteiger partial charge in [0.05, 0.1) is 18.0 Å². The van der Waals surface area contributed by atoms with Crippen LogP contribution >= 0.6 is 11.3 Å². The smallest absolute Gasteiger partial charge is 0.328 e. The number of carbonyl (C=O) groups excluding carboxylic acids is 1. The molecule has 1 aliphatic heterocycles. The number of fused-ring (bicyclic) bond motifs is 2. The van der Waals surface area contributed by atoms with Crippen molar-refractivity contribution in [3.8, 4) is 0 Å². The van der Waals surface area contributed by atoms with E-state index < -0.39 is 12.0 Å². The minimum Gasteiger partial charge on any atom is -0.480 e.